The summed E-state index contributed by atoms with van der Waals surface area (Å²) in [5.74, 6) is 1.53. The summed E-state index contributed by atoms with van der Waals surface area (Å²) in [6, 6.07) is 0.248. The SMILES string of the molecule is CC(N)CCCC(C)C(=O)N1CCSC(C)(C)C1. The van der Waals surface area contributed by atoms with Crippen LogP contribution >= 0.6 is 11.8 Å². The highest BCUT2D eigenvalue weighted by molar-refractivity contribution is 8.00. The van der Waals surface area contributed by atoms with Gasteiger partial charge in [0.25, 0.3) is 0 Å². The maximum absolute atomic E-state index is 12.3. The molecule has 1 saturated heterocycles. The molecule has 0 bridgehead atoms. The number of carbonyl (C=O) groups excluding carboxylic acids is 1. The zero-order valence-corrected chi connectivity index (χ0v) is 13.1. The second-order valence-electron chi connectivity index (χ2n) is 6.18. The highest BCUT2D eigenvalue weighted by atomic mass is 32.2. The van der Waals surface area contributed by atoms with Crippen LogP contribution in [0.1, 0.15) is 47.0 Å². The second kappa shape index (κ2) is 6.80. The highest BCUT2D eigenvalue weighted by Gasteiger charge is 2.31. The molecule has 0 saturated carbocycles. The predicted octanol–water partition coefficient (Wildman–Crippen LogP) is 2.49. The van der Waals surface area contributed by atoms with E-state index in [-0.39, 0.29) is 16.7 Å². The zero-order chi connectivity index (χ0) is 13.8. The maximum atomic E-state index is 12.3. The summed E-state index contributed by atoms with van der Waals surface area (Å²) in [6.07, 6.45) is 3.03. The summed E-state index contributed by atoms with van der Waals surface area (Å²) >= 11 is 1.96. The number of nitrogens with two attached hydrogens (primary N) is 1. The van der Waals surface area contributed by atoms with Crippen molar-refractivity contribution in [1.29, 1.82) is 0 Å². The third kappa shape index (κ3) is 5.19. The smallest absolute Gasteiger partial charge is 0.225 e. The molecule has 4 heteroatoms. The van der Waals surface area contributed by atoms with E-state index in [1.54, 1.807) is 0 Å². The molecular weight excluding hydrogens is 244 g/mol. The summed E-state index contributed by atoms with van der Waals surface area (Å²) < 4.78 is 0.208. The number of rotatable bonds is 5. The number of thioether (sulfide) groups is 1. The van der Waals surface area contributed by atoms with Gasteiger partial charge in [0.1, 0.15) is 0 Å². The number of nitrogens with zero attached hydrogens (tertiary/aromatic N) is 1. The molecule has 1 heterocycles. The van der Waals surface area contributed by atoms with Crippen LogP contribution in [0, 0.1) is 5.92 Å². The lowest BCUT2D eigenvalue weighted by Crippen LogP contribution is -2.47. The van der Waals surface area contributed by atoms with Crippen molar-refractivity contribution < 1.29 is 4.79 Å². The first-order chi connectivity index (χ1) is 8.32. The van der Waals surface area contributed by atoms with Gasteiger partial charge < -0.3 is 10.6 Å². The van der Waals surface area contributed by atoms with E-state index >= 15 is 0 Å². The monoisotopic (exact) mass is 272 g/mol. The van der Waals surface area contributed by atoms with E-state index < -0.39 is 0 Å². The Hall–Kier alpha value is -0.220. The summed E-state index contributed by atoms with van der Waals surface area (Å²) in [6.45, 7) is 10.3. The van der Waals surface area contributed by atoms with Crippen molar-refractivity contribution in [3.05, 3.63) is 0 Å². The minimum atomic E-state index is 0.141. The van der Waals surface area contributed by atoms with E-state index in [9.17, 15) is 4.79 Å². The van der Waals surface area contributed by atoms with Crippen LogP contribution in [0.2, 0.25) is 0 Å². The van der Waals surface area contributed by atoms with Gasteiger partial charge in [-0.2, -0.15) is 11.8 Å². The lowest BCUT2D eigenvalue weighted by atomic mass is 10.00. The molecular formula is C14H28N2OS. The topological polar surface area (TPSA) is 46.3 Å². The largest absolute Gasteiger partial charge is 0.340 e. The van der Waals surface area contributed by atoms with Gasteiger partial charge in [-0.05, 0) is 33.6 Å². The van der Waals surface area contributed by atoms with Gasteiger partial charge in [0, 0.05) is 35.5 Å². The minimum absolute atomic E-state index is 0.141. The van der Waals surface area contributed by atoms with Crippen LogP contribution < -0.4 is 5.73 Å². The van der Waals surface area contributed by atoms with Gasteiger partial charge in [0.05, 0.1) is 0 Å². The fourth-order valence-corrected chi connectivity index (χ4v) is 3.50. The van der Waals surface area contributed by atoms with Crippen molar-refractivity contribution in [2.75, 3.05) is 18.8 Å². The van der Waals surface area contributed by atoms with Crippen LogP contribution in [-0.2, 0) is 4.79 Å². The quantitative estimate of drug-likeness (QED) is 0.836. The molecule has 0 spiro atoms. The van der Waals surface area contributed by atoms with E-state index in [1.165, 1.54) is 0 Å². The highest BCUT2D eigenvalue weighted by Crippen LogP contribution is 2.30. The van der Waals surface area contributed by atoms with Crippen LogP contribution in [0.25, 0.3) is 0 Å². The third-order valence-electron chi connectivity index (χ3n) is 3.46. The van der Waals surface area contributed by atoms with Gasteiger partial charge in [-0.1, -0.05) is 13.3 Å². The van der Waals surface area contributed by atoms with Crippen LogP contribution in [-0.4, -0.2) is 40.4 Å². The summed E-state index contributed by atoms with van der Waals surface area (Å²) in [7, 11) is 0. The van der Waals surface area contributed by atoms with Crippen LogP contribution in [0.15, 0.2) is 0 Å². The molecule has 1 aliphatic rings. The standard InChI is InChI=1S/C14H28N2OS/c1-11(6-5-7-12(2)15)13(17)16-8-9-18-14(3,4)10-16/h11-12H,5-10,15H2,1-4H3. The molecule has 106 valence electrons. The van der Waals surface area contributed by atoms with Crippen molar-refractivity contribution in [3.8, 4) is 0 Å². The summed E-state index contributed by atoms with van der Waals surface area (Å²) in [4.78, 5) is 14.4. The Morgan fingerprint density at radius 3 is 2.61 bits per heavy atom. The summed E-state index contributed by atoms with van der Waals surface area (Å²) in [5.41, 5.74) is 5.73. The molecule has 1 amide bonds. The Balaban J connectivity index is 2.38. The lowest BCUT2D eigenvalue weighted by Gasteiger charge is -2.38. The first kappa shape index (κ1) is 15.8. The average Bonchev–Trinajstić information content (AvgIpc) is 2.26. The fourth-order valence-electron chi connectivity index (χ4n) is 2.39. The molecule has 0 radical (unpaired) electrons. The Kier molecular flexibility index (Phi) is 5.99. The molecule has 0 aromatic carbocycles. The van der Waals surface area contributed by atoms with Gasteiger partial charge in [0.2, 0.25) is 5.91 Å². The maximum Gasteiger partial charge on any atom is 0.225 e. The summed E-state index contributed by atoms with van der Waals surface area (Å²) in [5, 5.41) is 0. The van der Waals surface area contributed by atoms with E-state index in [0.29, 0.717) is 5.91 Å². The van der Waals surface area contributed by atoms with Gasteiger partial charge in [-0.3, -0.25) is 4.79 Å². The van der Waals surface area contributed by atoms with Gasteiger partial charge in [0.15, 0.2) is 0 Å². The zero-order valence-electron chi connectivity index (χ0n) is 12.2. The van der Waals surface area contributed by atoms with Crippen molar-refractivity contribution in [3.63, 3.8) is 0 Å². The molecule has 2 unspecified atom stereocenters. The van der Waals surface area contributed by atoms with Crippen molar-refractivity contribution in [2.24, 2.45) is 11.7 Å². The molecule has 18 heavy (non-hydrogen) atoms. The van der Waals surface area contributed by atoms with Crippen LogP contribution in [0.5, 0.6) is 0 Å². The number of hydrogen-bond acceptors (Lipinski definition) is 3. The minimum Gasteiger partial charge on any atom is -0.340 e. The lowest BCUT2D eigenvalue weighted by molar-refractivity contribution is -0.135. The van der Waals surface area contributed by atoms with Crippen LogP contribution in [0.3, 0.4) is 0 Å². The van der Waals surface area contributed by atoms with Gasteiger partial charge in [-0.15, -0.1) is 0 Å². The Morgan fingerprint density at radius 2 is 2.06 bits per heavy atom. The van der Waals surface area contributed by atoms with E-state index in [0.717, 1.165) is 38.1 Å². The molecule has 2 N–H and O–H groups in total. The molecule has 1 fully saturated rings. The predicted molar refractivity (Wildman–Crippen MR) is 79.8 cm³/mol. The molecule has 1 rings (SSSR count). The number of hydrogen-bond donors (Lipinski definition) is 1. The van der Waals surface area contributed by atoms with Gasteiger partial charge >= 0.3 is 0 Å². The normalized spacial score (nSPS) is 22.6. The molecule has 0 aromatic heterocycles. The van der Waals surface area contributed by atoms with Crippen molar-refractivity contribution >= 4 is 17.7 Å². The molecule has 0 aliphatic carbocycles. The van der Waals surface area contributed by atoms with Crippen molar-refractivity contribution in [2.45, 2.75) is 57.7 Å². The first-order valence-electron chi connectivity index (χ1n) is 7.00. The Labute approximate surface area is 116 Å². The van der Waals surface area contributed by atoms with Crippen molar-refractivity contribution in [1.82, 2.24) is 4.90 Å². The van der Waals surface area contributed by atoms with E-state index in [1.807, 2.05) is 23.6 Å². The molecule has 1 aliphatic heterocycles. The number of carbonyl (C=O) groups is 1. The van der Waals surface area contributed by atoms with E-state index in [2.05, 4.69) is 20.8 Å². The average molecular weight is 272 g/mol. The van der Waals surface area contributed by atoms with Crippen LogP contribution in [0.4, 0.5) is 0 Å². The second-order valence-corrected chi connectivity index (χ2v) is 7.98. The molecule has 3 nitrogen and oxygen atoms in total. The fraction of sp³-hybridized carbons (Fsp3) is 0.929. The van der Waals surface area contributed by atoms with Gasteiger partial charge in [-0.25, -0.2) is 0 Å². The number of amides is 1. The van der Waals surface area contributed by atoms with E-state index in [4.69, 9.17) is 5.73 Å². The molecule has 0 aromatic rings. The molecule has 2 atom stereocenters. The Bertz CT molecular complexity index is 279. The Morgan fingerprint density at radius 1 is 1.39 bits per heavy atom. The third-order valence-corrected chi connectivity index (χ3v) is 4.75. The first-order valence-corrected chi connectivity index (χ1v) is 7.99.